The summed E-state index contributed by atoms with van der Waals surface area (Å²) in [6, 6.07) is 23.2. The number of halogens is 1. The lowest BCUT2D eigenvalue weighted by Crippen LogP contribution is -2.33. The van der Waals surface area contributed by atoms with Crippen molar-refractivity contribution >= 4 is 5.78 Å². The van der Waals surface area contributed by atoms with Gasteiger partial charge in [-0.05, 0) is 106 Å². The summed E-state index contributed by atoms with van der Waals surface area (Å²) in [5.41, 5.74) is 6.42. The Kier molecular flexibility index (Phi) is 9.83. The standard InChI is InChI=1S/C26H34N2O.C6H5F/c1-20-2-4-22(5-3-20)19-28-16-12-21(13-17-28)6-9-26(29)25-8-7-23-10-14-27-15-11-24(23)18-25;7-6-4-2-1-3-5-6/h2-5,7-8,18,21,27H,6,9-17,19H2,1H3;1-5H. The van der Waals surface area contributed by atoms with Crippen LogP contribution in [0.4, 0.5) is 4.39 Å². The molecule has 2 aliphatic heterocycles. The highest BCUT2D eigenvalue weighted by molar-refractivity contribution is 5.96. The van der Waals surface area contributed by atoms with Crippen LogP contribution in [0.3, 0.4) is 0 Å². The summed E-state index contributed by atoms with van der Waals surface area (Å²) >= 11 is 0. The first-order chi connectivity index (χ1) is 17.6. The molecule has 0 aliphatic carbocycles. The highest BCUT2D eigenvalue weighted by Gasteiger charge is 2.20. The van der Waals surface area contributed by atoms with Crippen molar-refractivity contribution in [2.45, 2.75) is 52.0 Å². The van der Waals surface area contributed by atoms with E-state index in [2.05, 4.69) is 59.6 Å². The van der Waals surface area contributed by atoms with E-state index in [9.17, 15) is 9.18 Å². The third-order valence-electron chi connectivity index (χ3n) is 7.42. The maximum atomic E-state index is 12.8. The second-order valence-electron chi connectivity index (χ2n) is 10.2. The highest BCUT2D eigenvalue weighted by Crippen LogP contribution is 2.25. The topological polar surface area (TPSA) is 32.3 Å². The van der Waals surface area contributed by atoms with E-state index in [1.807, 2.05) is 0 Å². The predicted molar refractivity (Wildman–Crippen MR) is 146 cm³/mol. The van der Waals surface area contributed by atoms with Gasteiger partial charge in [-0.3, -0.25) is 9.69 Å². The summed E-state index contributed by atoms with van der Waals surface area (Å²) in [6.45, 7) is 7.56. The SMILES string of the molecule is Cc1ccc(CN2CCC(CCC(=O)c3ccc4c(c3)CCNCC4)CC2)cc1.Fc1ccccc1. The number of likely N-dealkylation sites (tertiary alicyclic amines) is 1. The van der Waals surface area contributed by atoms with Crippen LogP contribution in [-0.4, -0.2) is 36.9 Å². The van der Waals surface area contributed by atoms with Crippen molar-refractivity contribution in [3.63, 3.8) is 0 Å². The number of ketones is 1. The van der Waals surface area contributed by atoms with Gasteiger partial charge >= 0.3 is 0 Å². The summed E-state index contributed by atoms with van der Waals surface area (Å²) in [4.78, 5) is 15.3. The smallest absolute Gasteiger partial charge is 0.162 e. The van der Waals surface area contributed by atoms with Gasteiger partial charge in [-0.15, -0.1) is 0 Å². The van der Waals surface area contributed by atoms with E-state index in [-0.39, 0.29) is 5.82 Å². The normalized spacial score (nSPS) is 16.4. The van der Waals surface area contributed by atoms with Crippen LogP contribution in [0.15, 0.2) is 72.8 Å². The Morgan fingerprint density at radius 3 is 2.28 bits per heavy atom. The molecule has 2 heterocycles. The molecular weight excluding hydrogens is 447 g/mol. The van der Waals surface area contributed by atoms with Gasteiger partial charge in [0.2, 0.25) is 0 Å². The molecule has 0 amide bonds. The minimum absolute atomic E-state index is 0.178. The van der Waals surface area contributed by atoms with Gasteiger partial charge in [-0.2, -0.15) is 0 Å². The monoisotopic (exact) mass is 486 g/mol. The number of Topliss-reactive ketones (excluding diaryl/α,β-unsaturated/α-hetero) is 1. The molecule has 2 aliphatic rings. The molecule has 190 valence electrons. The number of benzene rings is 3. The van der Waals surface area contributed by atoms with Gasteiger partial charge in [0.1, 0.15) is 5.82 Å². The number of carbonyl (C=O) groups excluding carboxylic acids is 1. The Hall–Kier alpha value is -2.82. The minimum Gasteiger partial charge on any atom is -0.316 e. The average Bonchev–Trinajstić information content (AvgIpc) is 3.15. The van der Waals surface area contributed by atoms with Gasteiger partial charge in [-0.25, -0.2) is 4.39 Å². The zero-order valence-electron chi connectivity index (χ0n) is 21.5. The fraction of sp³-hybridized carbons (Fsp3) is 0.406. The number of aryl methyl sites for hydroxylation is 1. The third kappa shape index (κ3) is 8.11. The molecule has 0 aromatic heterocycles. The van der Waals surface area contributed by atoms with Crippen LogP contribution >= 0.6 is 0 Å². The number of rotatable bonds is 6. The van der Waals surface area contributed by atoms with E-state index in [1.54, 1.807) is 18.2 Å². The first-order valence-electron chi connectivity index (χ1n) is 13.4. The van der Waals surface area contributed by atoms with Crippen LogP contribution in [-0.2, 0) is 19.4 Å². The van der Waals surface area contributed by atoms with Crippen LogP contribution < -0.4 is 5.32 Å². The second kappa shape index (κ2) is 13.5. The lowest BCUT2D eigenvalue weighted by Gasteiger charge is -2.32. The van der Waals surface area contributed by atoms with Crippen LogP contribution in [0.1, 0.15) is 58.3 Å². The first-order valence-corrected chi connectivity index (χ1v) is 13.4. The molecule has 1 N–H and O–H groups in total. The highest BCUT2D eigenvalue weighted by atomic mass is 19.1. The van der Waals surface area contributed by atoms with E-state index in [4.69, 9.17) is 0 Å². The minimum atomic E-state index is -0.178. The van der Waals surface area contributed by atoms with Crippen molar-refractivity contribution in [3.8, 4) is 0 Å². The largest absolute Gasteiger partial charge is 0.316 e. The summed E-state index contributed by atoms with van der Waals surface area (Å²) in [6.07, 6.45) is 6.28. The van der Waals surface area contributed by atoms with Crippen LogP contribution in [0.5, 0.6) is 0 Å². The number of piperidine rings is 1. The fourth-order valence-electron chi connectivity index (χ4n) is 5.13. The molecule has 1 saturated heterocycles. The average molecular weight is 487 g/mol. The number of fused-ring (bicyclic) bond motifs is 1. The molecule has 4 heteroatoms. The van der Waals surface area contributed by atoms with E-state index in [0.717, 1.165) is 57.5 Å². The maximum Gasteiger partial charge on any atom is 0.162 e. The van der Waals surface area contributed by atoms with Gasteiger partial charge in [0.25, 0.3) is 0 Å². The zero-order valence-corrected chi connectivity index (χ0v) is 21.5. The zero-order chi connectivity index (χ0) is 25.2. The lowest BCUT2D eigenvalue weighted by molar-refractivity contribution is 0.0961. The van der Waals surface area contributed by atoms with Crippen molar-refractivity contribution in [2.75, 3.05) is 26.2 Å². The summed E-state index contributed by atoms with van der Waals surface area (Å²) in [5.74, 6) is 0.841. The van der Waals surface area contributed by atoms with Crippen molar-refractivity contribution < 1.29 is 9.18 Å². The number of hydrogen-bond donors (Lipinski definition) is 1. The van der Waals surface area contributed by atoms with Gasteiger partial charge < -0.3 is 5.32 Å². The molecule has 3 nitrogen and oxygen atoms in total. The van der Waals surface area contributed by atoms with Crippen molar-refractivity contribution in [2.24, 2.45) is 5.92 Å². The van der Waals surface area contributed by atoms with E-state index in [1.165, 1.54) is 47.2 Å². The van der Waals surface area contributed by atoms with Crippen molar-refractivity contribution in [1.82, 2.24) is 10.2 Å². The third-order valence-corrected chi connectivity index (χ3v) is 7.42. The fourth-order valence-corrected chi connectivity index (χ4v) is 5.13. The Labute approximate surface area is 215 Å². The molecule has 3 aromatic rings. The predicted octanol–water partition coefficient (Wildman–Crippen LogP) is 6.38. The number of nitrogens with one attached hydrogen (secondary N) is 1. The van der Waals surface area contributed by atoms with Crippen LogP contribution in [0.25, 0.3) is 0 Å². The van der Waals surface area contributed by atoms with Crippen molar-refractivity contribution in [1.29, 1.82) is 0 Å². The quantitative estimate of drug-likeness (QED) is 0.410. The molecule has 0 unspecified atom stereocenters. The molecule has 0 saturated carbocycles. The van der Waals surface area contributed by atoms with E-state index >= 15 is 0 Å². The Morgan fingerprint density at radius 2 is 1.61 bits per heavy atom. The number of carbonyl (C=O) groups is 1. The summed E-state index contributed by atoms with van der Waals surface area (Å²) in [7, 11) is 0. The lowest BCUT2D eigenvalue weighted by atomic mass is 9.89. The molecule has 3 aromatic carbocycles. The summed E-state index contributed by atoms with van der Waals surface area (Å²) in [5, 5.41) is 3.44. The molecule has 0 bridgehead atoms. The molecule has 0 atom stereocenters. The number of nitrogens with zero attached hydrogens (tertiary/aromatic N) is 1. The molecular formula is C32H39FN2O. The van der Waals surface area contributed by atoms with E-state index < -0.39 is 0 Å². The Balaban J connectivity index is 0.000000375. The van der Waals surface area contributed by atoms with Gasteiger partial charge in [0, 0.05) is 18.5 Å². The van der Waals surface area contributed by atoms with Gasteiger partial charge in [-0.1, -0.05) is 60.2 Å². The van der Waals surface area contributed by atoms with Crippen LogP contribution in [0, 0.1) is 18.7 Å². The first kappa shape index (κ1) is 26.2. The van der Waals surface area contributed by atoms with Crippen molar-refractivity contribution in [3.05, 3.63) is 106 Å². The second-order valence-corrected chi connectivity index (χ2v) is 10.2. The molecule has 1 fully saturated rings. The van der Waals surface area contributed by atoms with E-state index in [0.29, 0.717) is 18.1 Å². The maximum absolute atomic E-state index is 12.8. The number of hydrogen-bond acceptors (Lipinski definition) is 3. The Bertz CT molecular complexity index is 1090. The molecule has 0 radical (unpaired) electrons. The molecule has 5 rings (SSSR count). The Morgan fingerprint density at radius 1 is 0.917 bits per heavy atom. The van der Waals surface area contributed by atoms with Gasteiger partial charge in [0.15, 0.2) is 5.78 Å². The molecule has 0 spiro atoms. The van der Waals surface area contributed by atoms with Crippen LogP contribution in [0.2, 0.25) is 0 Å². The summed E-state index contributed by atoms with van der Waals surface area (Å²) < 4.78 is 11.9. The molecule has 36 heavy (non-hydrogen) atoms. The van der Waals surface area contributed by atoms with Gasteiger partial charge in [0.05, 0.1) is 0 Å².